The maximum absolute atomic E-state index is 9.42. The highest BCUT2D eigenvalue weighted by atomic mass is 16.5. The van der Waals surface area contributed by atoms with Crippen LogP contribution < -0.4 is 5.73 Å². The Morgan fingerprint density at radius 3 is 2.42 bits per heavy atom. The number of hydrogen-bond acceptors (Lipinski definition) is 3. The molecule has 2 fully saturated rings. The maximum atomic E-state index is 9.42. The van der Waals surface area contributed by atoms with E-state index in [1.54, 1.807) is 0 Å². The van der Waals surface area contributed by atoms with Crippen LogP contribution in [0.4, 0.5) is 0 Å². The smallest absolute Gasteiger partial charge is 0.0821 e. The summed E-state index contributed by atoms with van der Waals surface area (Å²) in [6.45, 7) is 0.800. The average molecular weight is 170 g/mol. The van der Waals surface area contributed by atoms with E-state index in [4.69, 9.17) is 5.73 Å². The largest absolute Gasteiger partial charge is 0.314 e. The van der Waals surface area contributed by atoms with Crippen molar-refractivity contribution in [3.63, 3.8) is 0 Å². The molecule has 0 aromatic heterocycles. The first-order valence-electron chi connectivity index (χ1n) is 4.93. The molecule has 1 spiro atoms. The van der Waals surface area contributed by atoms with Crippen molar-refractivity contribution in [2.24, 2.45) is 11.1 Å². The fourth-order valence-electron chi connectivity index (χ4n) is 2.74. The topological polar surface area (TPSA) is 49.5 Å². The fraction of sp³-hybridized carbons (Fsp3) is 1.00. The Bertz CT molecular complexity index is 154. The van der Waals surface area contributed by atoms with E-state index in [1.165, 1.54) is 37.2 Å². The third kappa shape index (κ3) is 1.37. The highest BCUT2D eigenvalue weighted by molar-refractivity contribution is 4.92. The van der Waals surface area contributed by atoms with Gasteiger partial charge in [-0.3, -0.25) is 0 Å². The molecule has 1 aliphatic carbocycles. The van der Waals surface area contributed by atoms with Gasteiger partial charge in [0.25, 0.3) is 0 Å². The summed E-state index contributed by atoms with van der Waals surface area (Å²) in [5, 5.41) is 10.7. The molecule has 2 aliphatic rings. The third-order valence-electron chi connectivity index (χ3n) is 3.44. The lowest BCUT2D eigenvalue weighted by Crippen LogP contribution is -2.33. The molecule has 1 saturated carbocycles. The second kappa shape index (κ2) is 2.98. The van der Waals surface area contributed by atoms with Crippen LogP contribution in [0, 0.1) is 5.41 Å². The van der Waals surface area contributed by atoms with Crippen LogP contribution in [0.15, 0.2) is 0 Å². The number of nitrogens with two attached hydrogens (primary N) is 1. The minimum absolute atomic E-state index is 0.108. The number of hydrogen-bond donors (Lipinski definition) is 2. The summed E-state index contributed by atoms with van der Waals surface area (Å²) < 4.78 is 0. The van der Waals surface area contributed by atoms with E-state index in [9.17, 15) is 5.21 Å². The molecule has 0 aromatic rings. The zero-order valence-electron chi connectivity index (χ0n) is 7.50. The third-order valence-corrected chi connectivity index (χ3v) is 3.44. The molecule has 1 atom stereocenters. The summed E-state index contributed by atoms with van der Waals surface area (Å²) in [5.41, 5.74) is 6.13. The highest BCUT2D eigenvalue weighted by Crippen LogP contribution is 2.44. The fourth-order valence-corrected chi connectivity index (χ4v) is 2.74. The number of nitrogens with zero attached hydrogens (tertiary/aromatic N) is 1. The van der Waals surface area contributed by atoms with Crippen molar-refractivity contribution in [3.05, 3.63) is 0 Å². The van der Waals surface area contributed by atoms with Gasteiger partial charge in [-0.25, -0.2) is 0 Å². The Morgan fingerprint density at radius 1 is 1.25 bits per heavy atom. The average Bonchev–Trinajstić information content (AvgIpc) is 2.29. The van der Waals surface area contributed by atoms with E-state index in [0.717, 1.165) is 13.0 Å². The molecule has 3 heteroatoms. The van der Waals surface area contributed by atoms with Crippen molar-refractivity contribution in [3.8, 4) is 0 Å². The minimum atomic E-state index is -0.108. The van der Waals surface area contributed by atoms with Crippen LogP contribution in [0.5, 0.6) is 0 Å². The lowest BCUT2D eigenvalue weighted by atomic mass is 9.73. The van der Waals surface area contributed by atoms with Crippen molar-refractivity contribution in [1.29, 1.82) is 0 Å². The second-order valence-electron chi connectivity index (χ2n) is 4.43. The summed E-state index contributed by atoms with van der Waals surface area (Å²) in [5.74, 6) is 0. The molecule has 1 unspecified atom stereocenters. The van der Waals surface area contributed by atoms with Crippen molar-refractivity contribution in [1.82, 2.24) is 5.06 Å². The van der Waals surface area contributed by atoms with Crippen LogP contribution in [0.25, 0.3) is 0 Å². The van der Waals surface area contributed by atoms with Crippen LogP contribution in [0.2, 0.25) is 0 Å². The van der Waals surface area contributed by atoms with E-state index >= 15 is 0 Å². The van der Waals surface area contributed by atoms with Gasteiger partial charge in [0, 0.05) is 6.54 Å². The normalized spacial score (nSPS) is 36.0. The van der Waals surface area contributed by atoms with Crippen molar-refractivity contribution in [2.45, 2.75) is 44.7 Å². The van der Waals surface area contributed by atoms with Gasteiger partial charge in [-0.15, -0.1) is 0 Å². The molecule has 70 valence electrons. The highest BCUT2D eigenvalue weighted by Gasteiger charge is 2.42. The van der Waals surface area contributed by atoms with Gasteiger partial charge in [-0.1, -0.05) is 19.3 Å². The Labute approximate surface area is 73.5 Å². The Balaban J connectivity index is 2.02. The molecule has 0 aromatic carbocycles. The van der Waals surface area contributed by atoms with Gasteiger partial charge in [-0.2, -0.15) is 5.06 Å². The lowest BCUT2D eigenvalue weighted by molar-refractivity contribution is -0.108. The SMILES string of the molecule is NC1CC2(CCCCC2)CN1O. The molecular formula is C9H18N2O. The Kier molecular flexibility index (Phi) is 2.10. The summed E-state index contributed by atoms with van der Waals surface area (Å²) in [4.78, 5) is 0. The van der Waals surface area contributed by atoms with Gasteiger partial charge in [0.05, 0.1) is 6.17 Å². The van der Waals surface area contributed by atoms with Gasteiger partial charge >= 0.3 is 0 Å². The van der Waals surface area contributed by atoms with Crippen LogP contribution in [-0.2, 0) is 0 Å². The molecule has 0 radical (unpaired) electrons. The van der Waals surface area contributed by atoms with Crippen molar-refractivity contribution < 1.29 is 5.21 Å². The molecule has 0 amide bonds. The van der Waals surface area contributed by atoms with E-state index in [-0.39, 0.29) is 6.17 Å². The van der Waals surface area contributed by atoms with Crippen LogP contribution in [0.1, 0.15) is 38.5 Å². The van der Waals surface area contributed by atoms with Crippen LogP contribution >= 0.6 is 0 Å². The Morgan fingerprint density at radius 2 is 1.92 bits per heavy atom. The number of rotatable bonds is 0. The molecule has 2 rings (SSSR count). The van der Waals surface area contributed by atoms with Crippen LogP contribution in [0.3, 0.4) is 0 Å². The first-order chi connectivity index (χ1) is 5.72. The molecule has 1 saturated heterocycles. The zero-order valence-corrected chi connectivity index (χ0v) is 7.50. The quantitative estimate of drug-likeness (QED) is 0.576. The van der Waals surface area contributed by atoms with Gasteiger partial charge in [0.1, 0.15) is 0 Å². The summed E-state index contributed by atoms with van der Waals surface area (Å²) in [6.07, 6.45) is 7.41. The lowest BCUT2D eigenvalue weighted by Gasteiger charge is -2.32. The number of hydroxylamine groups is 2. The summed E-state index contributed by atoms with van der Waals surface area (Å²) in [6, 6.07) is 0. The predicted octanol–water partition coefficient (Wildman–Crippen LogP) is 1.32. The second-order valence-corrected chi connectivity index (χ2v) is 4.43. The predicted molar refractivity (Wildman–Crippen MR) is 46.6 cm³/mol. The van der Waals surface area contributed by atoms with Crippen molar-refractivity contribution >= 4 is 0 Å². The van der Waals surface area contributed by atoms with Gasteiger partial charge in [0.15, 0.2) is 0 Å². The molecule has 0 bridgehead atoms. The van der Waals surface area contributed by atoms with E-state index in [2.05, 4.69) is 0 Å². The summed E-state index contributed by atoms with van der Waals surface area (Å²) >= 11 is 0. The van der Waals surface area contributed by atoms with Crippen molar-refractivity contribution in [2.75, 3.05) is 6.54 Å². The Hall–Kier alpha value is -0.120. The molecule has 3 N–H and O–H groups in total. The first kappa shape index (κ1) is 8.48. The first-order valence-corrected chi connectivity index (χ1v) is 4.93. The van der Waals surface area contributed by atoms with Crippen LogP contribution in [-0.4, -0.2) is 23.0 Å². The van der Waals surface area contributed by atoms with E-state index in [1.807, 2.05) is 0 Å². The van der Waals surface area contributed by atoms with E-state index in [0.29, 0.717) is 5.41 Å². The molecular weight excluding hydrogens is 152 g/mol. The zero-order chi connectivity index (χ0) is 8.60. The van der Waals surface area contributed by atoms with E-state index < -0.39 is 0 Å². The van der Waals surface area contributed by atoms with Gasteiger partial charge in [0.2, 0.25) is 0 Å². The summed E-state index contributed by atoms with van der Waals surface area (Å²) in [7, 11) is 0. The van der Waals surface area contributed by atoms with Gasteiger partial charge in [-0.05, 0) is 24.7 Å². The molecule has 12 heavy (non-hydrogen) atoms. The maximum Gasteiger partial charge on any atom is 0.0821 e. The monoisotopic (exact) mass is 170 g/mol. The molecule has 3 nitrogen and oxygen atoms in total. The standard InChI is InChI=1S/C9H18N2O/c10-8-6-9(7-11(8)12)4-2-1-3-5-9/h8,12H,1-7,10H2. The molecule has 1 heterocycles. The van der Waals surface area contributed by atoms with Gasteiger partial charge < -0.3 is 10.9 Å². The molecule has 1 aliphatic heterocycles. The minimum Gasteiger partial charge on any atom is -0.314 e.